The summed E-state index contributed by atoms with van der Waals surface area (Å²) in [6, 6.07) is 6.27. The Morgan fingerprint density at radius 3 is 2.52 bits per heavy atom. The van der Waals surface area contributed by atoms with E-state index < -0.39 is 22.5 Å². The van der Waals surface area contributed by atoms with Crippen LogP contribution in [0.3, 0.4) is 0 Å². The molecule has 0 saturated carbocycles. The van der Waals surface area contributed by atoms with Gasteiger partial charge >= 0.3 is 0 Å². The van der Waals surface area contributed by atoms with E-state index in [9.17, 15) is 13.5 Å². The fourth-order valence-corrected chi connectivity index (χ4v) is 2.96. The molecule has 0 aliphatic rings. The van der Waals surface area contributed by atoms with Crippen molar-refractivity contribution in [3.8, 4) is 0 Å². The molecule has 0 aliphatic heterocycles. The number of aliphatic hydroxyl groups excluding tert-OH is 2. The van der Waals surface area contributed by atoms with Crippen molar-refractivity contribution >= 4 is 15.7 Å². The molecular weight excluding hydrogens is 296 g/mol. The maximum absolute atomic E-state index is 12.4. The lowest BCUT2D eigenvalue weighted by Crippen LogP contribution is -2.22. The van der Waals surface area contributed by atoms with Gasteiger partial charge in [0.05, 0.1) is 24.2 Å². The standard InChI is InChI=1S/C12H16N4O4S/c1-8-2-4-10(5-3-8)21(19,20)12-11(13)16(15-14-12)6-9(18)7-17/h2-5,9,17-18H,6-7,13H2,1H3. The number of sulfone groups is 1. The second-order valence-corrected chi connectivity index (χ2v) is 6.48. The van der Waals surface area contributed by atoms with Gasteiger partial charge in [-0.1, -0.05) is 22.9 Å². The van der Waals surface area contributed by atoms with Crippen LogP contribution in [0.25, 0.3) is 0 Å². The van der Waals surface area contributed by atoms with Gasteiger partial charge in [-0.3, -0.25) is 0 Å². The van der Waals surface area contributed by atoms with E-state index in [2.05, 4.69) is 10.3 Å². The molecule has 0 amide bonds. The molecule has 2 rings (SSSR count). The van der Waals surface area contributed by atoms with E-state index in [4.69, 9.17) is 10.8 Å². The van der Waals surface area contributed by atoms with Crippen LogP contribution in [0, 0.1) is 6.92 Å². The molecule has 0 spiro atoms. The summed E-state index contributed by atoms with van der Waals surface area (Å²) < 4.78 is 25.9. The van der Waals surface area contributed by atoms with Crippen LogP contribution in [-0.4, -0.2) is 46.3 Å². The number of nitrogens with two attached hydrogens (primary N) is 1. The molecule has 1 aromatic carbocycles. The molecule has 8 nitrogen and oxygen atoms in total. The van der Waals surface area contributed by atoms with Crippen molar-refractivity contribution in [2.45, 2.75) is 29.5 Å². The largest absolute Gasteiger partial charge is 0.394 e. The van der Waals surface area contributed by atoms with E-state index in [1.54, 1.807) is 12.1 Å². The summed E-state index contributed by atoms with van der Waals surface area (Å²) in [5, 5.41) is 25.0. The lowest BCUT2D eigenvalue weighted by molar-refractivity contribution is 0.0783. The van der Waals surface area contributed by atoms with Gasteiger partial charge < -0.3 is 15.9 Å². The fraction of sp³-hybridized carbons (Fsp3) is 0.333. The van der Waals surface area contributed by atoms with Gasteiger partial charge in [-0.2, -0.15) is 0 Å². The molecule has 0 fully saturated rings. The Morgan fingerprint density at radius 2 is 1.95 bits per heavy atom. The normalized spacial score (nSPS) is 13.3. The summed E-state index contributed by atoms with van der Waals surface area (Å²) in [5.41, 5.74) is 6.65. The number of aromatic nitrogens is 3. The van der Waals surface area contributed by atoms with E-state index >= 15 is 0 Å². The average Bonchev–Trinajstić information content (AvgIpc) is 2.81. The molecule has 1 atom stereocenters. The van der Waals surface area contributed by atoms with Crippen LogP contribution in [-0.2, 0) is 16.4 Å². The van der Waals surface area contributed by atoms with Crippen molar-refractivity contribution in [3.05, 3.63) is 29.8 Å². The molecule has 0 bridgehead atoms. The van der Waals surface area contributed by atoms with E-state index in [0.29, 0.717) is 0 Å². The third-order valence-electron chi connectivity index (χ3n) is 2.92. The van der Waals surface area contributed by atoms with Crippen LogP contribution in [0.4, 0.5) is 5.82 Å². The Balaban J connectivity index is 2.39. The maximum Gasteiger partial charge on any atom is 0.229 e. The number of aryl methyl sites for hydroxylation is 1. The molecule has 0 saturated heterocycles. The third kappa shape index (κ3) is 3.04. The van der Waals surface area contributed by atoms with Crippen LogP contribution in [0.5, 0.6) is 0 Å². The number of rotatable bonds is 5. The molecule has 0 radical (unpaired) electrons. The molecule has 2 aromatic rings. The molecule has 1 aromatic heterocycles. The van der Waals surface area contributed by atoms with Crippen LogP contribution < -0.4 is 5.73 Å². The lowest BCUT2D eigenvalue weighted by atomic mass is 10.2. The summed E-state index contributed by atoms with van der Waals surface area (Å²) in [5.74, 6) is -0.178. The summed E-state index contributed by atoms with van der Waals surface area (Å²) in [7, 11) is -3.87. The predicted molar refractivity (Wildman–Crippen MR) is 74.2 cm³/mol. The Bertz CT molecular complexity index is 724. The second kappa shape index (κ2) is 5.80. The molecular formula is C12H16N4O4S. The molecule has 0 aliphatic carbocycles. The van der Waals surface area contributed by atoms with Crippen LogP contribution in [0.15, 0.2) is 34.2 Å². The summed E-state index contributed by atoms with van der Waals surface area (Å²) in [6.07, 6.45) is -1.09. The number of nitrogens with zero attached hydrogens (tertiary/aromatic N) is 3. The van der Waals surface area contributed by atoms with E-state index in [0.717, 1.165) is 10.2 Å². The maximum atomic E-state index is 12.4. The first-order valence-corrected chi connectivity index (χ1v) is 7.64. The van der Waals surface area contributed by atoms with Gasteiger partial charge in [0.1, 0.15) is 0 Å². The number of hydrogen-bond donors (Lipinski definition) is 3. The van der Waals surface area contributed by atoms with E-state index in [1.807, 2.05) is 6.92 Å². The highest BCUT2D eigenvalue weighted by Crippen LogP contribution is 2.23. The smallest absolute Gasteiger partial charge is 0.229 e. The van der Waals surface area contributed by atoms with Gasteiger partial charge in [0.15, 0.2) is 5.82 Å². The first-order chi connectivity index (χ1) is 9.86. The molecule has 114 valence electrons. The zero-order valence-corrected chi connectivity index (χ0v) is 12.2. The highest BCUT2D eigenvalue weighted by Gasteiger charge is 2.26. The molecule has 9 heteroatoms. The van der Waals surface area contributed by atoms with Crippen molar-refractivity contribution in [1.29, 1.82) is 0 Å². The minimum Gasteiger partial charge on any atom is -0.394 e. The van der Waals surface area contributed by atoms with Crippen molar-refractivity contribution < 1.29 is 18.6 Å². The Labute approximate surface area is 121 Å². The van der Waals surface area contributed by atoms with Crippen LogP contribution in [0.1, 0.15) is 5.56 Å². The quantitative estimate of drug-likeness (QED) is 0.668. The number of aliphatic hydroxyl groups is 2. The minimum atomic E-state index is -3.87. The lowest BCUT2D eigenvalue weighted by Gasteiger charge is -2.08. The van der Waals surface area contributed by atoms with Crippen molar-refractivity contribution in [1.82, 2.24) is 15.0 Å². The number of anilines is 1. The molecule has 21 heavy (non-hydrogen) atoms. The average molecular weight is 312 g/mol. The number of nitrogen functional groups attached to an aromatic ring is 1. The topological polar surface area (TPSA) is 131 Å². The summed E-state index contributed by atoms with van der Waals surface area (Å²) in [6.45, 7) is 1.22. The SMILES string of the molecule is Cc1ccc(S(=O)(=O)c2nnn(CC(O)CO)c2N)cc1. The number of hydrogen-bond acceptors (Lipinski definition) is 7. The fourth-order valence-electron chi connectivity index (χ4n) is 1.72. The Hall–Kier alpha value is -1.97. The van der Waals surface area contributed by atoms with Gasteiger partial charge in [0.25, 0.3) is 0 Å². The zero-order chi connectivity index (χ0) is 15.6. The Kier molecular flexibility index (Phi) is 4.26. The monoisotopic (exact) mass is 312 g/mol. The predicted octanol–water partition coefficient (Wildman–Crippen LogP) is -0.645. The van der Waals surface area contributed by atoms with Gasteiger partial charge in [0.2, 0.25) is 14.9 Å². The molecule has 1 unspecified atom stereocenters. The van der Waals surface area contributed by atoms with Gasteiger partial charge in [-0.25, -0.2) is 13.1 Å². The highest BCUT2D eigenvalue weighted by molar-refractivity contribution is 7.91. The summed E-state index contributed by atoms with van der Waals surface area (Å²) in [4.78, 5) is 0.0644. The first-order valence-electron chi connectivity index (χ1n) is 6.16. The van der Waals surface area contributed by atoms with Crippen molar-refractivity contribution in [3.63, 3.8) is 0 Å². The zero-order valence-electron chi connectivity index (χ0n) is 11.3. The first kappa shape index (κ1) is 15.4. The molecule has 4 N–H and O–H groups in total. The highest BCUT2D eigenvalue weighted by atomic mass is 32.2. The third-order valence-corrected chi connectivity index (χ3v) is 4.61. The number of benzene rings is 1. The van der Waals surface area contributed by atoms with Gasteiger partial charge in [0, 0.05) is 0 Å². The van der Waals surface area contributed by atoms with Crippen molar-refractivity contribution in [2.75, 3.05) is 12.3 Å². The van der Waals surface area contributed by atoms with E-state index in [1.165, 1.54) is 12.1 Å². The van der Waals surface area contributed by atoms with Crippen LogP contribution in [0.2, 0.25) is 0 Å². The van der Waals surface area contributed by atoms with E-state index in [-0.39, 0.29) is 22.3 Å². The summed E-state index contributed by atoms with van der Waals surface area (Å²) >= 11 is 0. The van der Waals surface area contributed by atoms with Gasteiger partial charge in [-0.15, -0.1) is 5.10 Å². The minimum absolute atomic E-state index is 0.0644. The van der Waals surface area contributed by atoms with Crippen LogP contribution >= 0.6 is 0 Å². The van der Waals surface area contributed by atoms with Gasteiger partial charge in [-0.05, 0) is 19.1 Å². The molecule has 1 heterocycles. The Morgan fingerprint density at radius 1 is 1.33 bits per heavy atom. The van der Waals surface area contributed by atoms with Crippen molar-refractivity contribution in [2.24, 2.45) is 0 Å². The second-order valence-electron chi connectivity index (χ2n) is 4.61.